The molecule has 1 aromatic heterocycles. The molecular weight excluding hydrogens is 174 g/mol. The Balaban J connectivity index is 2.30. The van der Waals surface area contributed by atoms with E-state index >= 15 is 0 Å². The topological polar surface area (TPSA) is 21.1 Å². The number of aromatic nitrogens is 2. The number of hydrogen-bond acceptors (Lipinski definition) is 2. The summed E-state index contributed by atoms with van der Waals surface area (Å²) in [5.41, 5.74) is 1.58. The van der Waals surface area contributed by atoms with Crippen molar-refractivity contribution in [2.75, 3.05) is 6.54 Å². The molecule has 0 aliphatic carbocycles. The average Bonchev–Trinajstić information content (AvgIpc) is 2.50. The van der Waals surface area contributed by atoms with E-state index in [9.17, 15) is 0 Å². The van der Waals surface area contributed by atoms with E-state index in [0.717, 1.165) is 13.1 Å². The van der Waals surface area contributed by atoms with E-state index in [1.807, 2.05) is 12.5 Å². The quantitative estimate of drug-likeness (QED) is 0.629. The number of nitrogens with zero attached hydrogens (tertiary/aromatic N) is 3. The molecule has 0 saturated carbocycles. The molecule has 1 aliphatic rings. The zero-order valence-electron chi connectivity index (χ0n) is 9.49. The van der Waals surface area contributed by atoms with Crippen LogP contribution in [-0.2, 0) is 6.54 Å². The Morgan fingerprint density at radius 2 is 2.07 bits per heavy atom. The summed E-state index contributed by atoms with van der Waals surface area (Å²) in [6.07, 6.45) is 3.92. The maximum absolute atomic E-state index is 4.21. The van der Waals surface area contributed by atoms with Crippen LogP contribution in [0.3, 0.4) is 0 Å². The van der Waals surface area contributed by atoms with Crippen molar-refractivity contribution in [3.05, 3.63) is 18.2 Å². The molecule has 2 heterocycles. The fraction of sp³-hybridized carbons (Fsp3) is 0.727. The number of imidazole rings is 1. The number of hydrogen-bond donors (Lipinski definition) is 0. The lowest BCUT2D eigenvalue weighted by Gasteiger charge is -2.43. The van der Waals surface area contributed by atoms with Crippen LogP contribution in [0.4, 0.5) is 0 Å². The van der Waals surface area contributed by atoms with Crippen molar-refractivity contribution in [2.45, 2.75) is 45.8 Å². The number of fused-ring (bicyclic) bond motifs is 1. The predicted octanol–water partition coefficient (Wildman–Crippen LogP) is 2.06. The Kier molecular flexibility index (Phi) is 2.14. The van der Waals surface area contributed by atoms with Gasteiger partial charge in [0.1, 0.15) is 0 Å². The van der Waals surface area contributed by atoms with Crippen molar-refractivity contribution in [3.8, 4) is 0 Å². The van der Waals surface area contributed by atoms with Crippen molar-refractivity contribution in [1.29, 1.82) is 0 Å². The fourth-order valence-corrected chi connectivity index (χ4v) is 2.35. The van der Waals surface area contributed by atoms with Crippen molar-refractivity contribution >= 4 is 0 Å². The molecule has 0 bridgehead atoms. The van der Waals surface area contributed by atoms with Gasteiger partial charge in [-0.2, -0.15) is 0 Å². The number of rotatable bonds is 0. The van der Waals surface area contributed by atoms with Gasteiger partial charge in [-0.05, 0) is 27.7 Å². The Morgan fingerprint density at radius 1 is 1.36 bits per heavy atom. The van der Waals surface area contributed by atoms with E-state index in [4.69, 9.17) is 0 Å². The van der Waals surface area contributed by atoms with Crippen LogP contribution in [-0.4, -0.2) is 26.5 Å². The molecule has 0 N–H and O–H groups in total. The lowest BCUT2D eigenvalue weighted by molar-refractivity contribution is 0.0649. The molecule has 0 amide bonds. The van der Waals surface area contributed by atoms with Gasteiger partial charge in [-0.1, -0.05) is 0 Å². The summed E-state index contributed by atoms with van der Waals surface area (Å²) < 4.78 is 2.26. The normalized spacial score (nSPS) is 23.6. The minimum Gasteiger partial charge on any atom is -0.332 e. The van der Waals surface area contributed by atoms with Crippen LogP contribution >= 0.6 is 0 Å². The molecular formula is C11H19N3. The Hall–Kier alpha value is -0.830. The van der Waals surface area contributed by atoms with Gasteiger partial charge in [-0.3, -0.25) is 4.90 Å². The van der Waals surface area contributed by atoms with Gasteiger partial charge in [-0.25, -0.2) is 4.98 Å². The lowest BCUT2D eigenvalue weighted by atomic mass is 10.0. The summed E-state index contributed by atoms with van der Waals surface area (Å²) in [4.78, 5) is 6.74. The second-order valence-electron chi connectivity index (χ2n) is 5.05. The van der Waals surface area contributed by atoms with Crippen molar-refractivity contribution in [2.24, 2.45) is 0 Å². The third-order valence-electron chi connectivity index (χ3n) is 3.08. The molecule has 3 heteroatoms. The van der Waals surface area contributed by atoms with Gasteiger partial charge >= 0.3 is 0 Å². The van der Waals surface area contributed by atoms with Crippen LogP contribution in [0.25, 0.3) is 0 Å². The minimum atomic E-state index is 0.245. The highest BCUT2D eigenvalue weighted by Crippen LogP contribution is 2.30. The smallest absolute Gasteiger partial charge is 0.0949 e. The summed E-state index contributed by atoms with van der Waals surface area (Å²) in [7, 11) is 0. The standard InChI is InChI=1S/C11H19N3/c1-9-10-7-12-8-13(10)5-6-14(9)11(2,3)4/h7-9H,5-6H2,1-4H3/t9-/m1/s1. The Labute approximate surface area is 85.7 Å². The molecule has 2 rings (SSSR count). The molecule has 14 heavy (non-hydrogen) atoms. The van der Waals surface area contributed by atoms with E-state index in [-0.39, 0.29) is 5.54 Å². The minimum absolute atomic E-state index is 0.245. The first-order chi connectivity index (χ1) is 6.50. The van der Waals surface area contributed by atoms with E-state index < -0.39 is 0 Å². The third-order valence-corrected chi connectivity index (χ3v) is 3.08. The van der Waals surface area contributed by atoms with Crippen LogP contribution in [0.1, 0.15) is 39.4 Å². The van der Waals surface area contributed by atoms with Gasteiger partial charge in [-0.15, -0.1) is 0 Å². The molecule has 1 aliphatic heterocycles. The van der Waals surface area contributed by atoms with E-state index in [0.29, 0.717) is 6.04 Å². The van der Waals surface area contributed by atoms with Gasteiger partial charge in [0.2, 0.25) is 0 Å². The highest BCUT2D eigenvalue weighted by atomic mass is 15.3. The highest BCUT2D eigenvalue weighted by molar-refractivity contribution is 5.08. The first-order valence-electron chi connectivity index (χ1n) is 5.27. The van der Waals surface area contributed by atoms with Crippen molar-refractivity contribution < 1.29 is 0 Å². The van der Waals surface area contributed by atoms with Crippen LogP contribution in [0, 0.1) is 0 Å². The summed E-state index contributed by atoms with van der Waals surface area (Å²) >= 11 is 0. The van der Waals surface area contributed by atoms with Gasteiger partial charge in [0.25, 0.3) is 0 Å². The molecule has 78 valence electrons. The summed E-state index contributed by atoms with van der Waals surface area (Å²) in [6, 6.07) is 0.478. The monoisotopic (exact) mass is 193 g/mol. The van der Waals surface area contributed by atoms with Crippen LogP contribution < -0.4 is 0 Å². The van der Waals surface area contributed by atoms with Crippen molar-refractivity contribution in [1.82, 2.24) is 14.5 Å². The molecule has 0 unspecified atom stereocenters. The van der Waals surface area contributed by atoms with Gasteiger partial charge in [0, 0.05) is 30.9 Å². The SMILES string of the molecule is C[C@@H]1c2cncn2CCN1C(C)(C)C. The molecule has 1 aromatic rings. The zero-order valence-corrected chi connectivity index (χ0v) is 9.49. The predicted molar refractivity (Wildman–Crippen MR) is 57.1 cm³/mol. The molecule has 0 radical (unpaired) electrons. The van der Waals surface area contributed by atoms with E-state index in [1.165, 1.54) is 5.69 Å². The van der Waals surface area contributed by atoms with Gasteiger partial charge < -0.3 is 4.57 Å². The van der Waals surface area contributed by atoms with Crippen LogP contribution in [0.5, 0.6) is 0 Å². The maximum atomic E-state index is 4.21. The molecule has 0 aromatic carbocycles. The summed E-state index contributed by atoms with van der Waals surface area (Å²) in [5.74, 6) is 0. The van der Waals surface area contributed by atoms with Crippen molar-refractivity contribution in [3.63, 3.8) is 0 Å². The highest BCUT2D eigenvalue weighted by Gasteiger charge is 2.31. The van der Waals surface area contributed by atoms with Crippen LogP contribution in [0.2, 0.25) is 0 Å². The largest absolute Gasteiger partial charge is 0.332 e. The van der Waals surface area contributed by atoms with Gasteiger partial charge in [0.15, 0.2) is 0 Å². The second kappa shape index (κ2) is 3.09. The van der Waals surface area contributed by atoms with E-state index in [1.54, 1.807) is 0 Å². The molecule has 3 nitrogen and oxygen atoms in total. The lowest BCUT2D eigenvalue weighted by Crippen LogP contribution is -2.47. The Bertz CT molecular complexity index is 322. The maximum Gasteiger partial charge on any atom is 0.0949 e. The molecule has 0 fully saturated rings. The van der Waals surface area contributed by atoms with Gasteiger partial charge in [0.05, 0.1) is 12.0 Å². The second-order valence-corrected chi connectivity index (χ2v) is 5.05. The zero-order chi connectivity index (χ0) is 10.3. The first-order valence-corrected chi connectivity index (χ1v) is 5.27. The average molecular weight is 193 g/mol. The molecule has 1 atom stereocenters. The summed E-state index contributed by atoms with van der Waals surface area (Å²) in [6.45, 7) is 11.3. The molecule has 0 saturated heterocycles. The van der Waals surface area contributed by atoms with Crippen LogP contribution in [0.15, 0.2) is 12.5 Å². The van der Waals surface area contributed by atoms with E-state index in [2.05, 4.69) is 42.1 Å². The molecule has 0 spiro atoms. The third kappa shape index (κ3) is 1.46. The fourth-order valence-electron chi connectivity index (χ4n) is 2.35. The summed E-state index contributed by atoms with van der Waals surface area (Å²) in [5, 5.41) is 0. The first kappa shape index (κ1) is 9.71. The Morgan fingerprint density at radius 3 is 2.71 bits per heavy atom.